The lowest BCUT2D eigenvalue weighted by atomic mass is 10.1. The van der Waals surface area contributed by atoms with Gasteiger partial charge in [0.05, 0.1) is 22.8 Å². The van der Waals surface area contributed by atoms with Crippen molar-refractivity contribution >= 4 is 17.0 Å². The molecule has 1 aliphatic heterocycles. The maximum atomic E-state index is 13.0. The lowest BCUT2D eigenvalue weighted by molar-refractivity contribution is 0.0466. The second-order valence-corrected chi connectivity index (χ2v) is 7.84. The fourth-order valence-corrected chi connectivity index (χ4v) is 3.62. The number of hydrogen-bond donors (Lipinski definition) is 0. The number of aromatic nitrogens is 4. The van der Waals surface area contributed by atoms with Crippen LogP contribution in [0, 0.1) is 6.92 Å². The van der Waals surface area contributed by atoms with Gasteiger partial charge in [0.15, 0.2) is 17.1 Å². The normalized spacial score (nSPS) is 13.0. The van der Waals surface area contributed by atoms with Crippen molar-refractivity contribution in [2.45, 2.75) is 33.4 Å². The number of pyridine rings is 1. The molecule has 0 saturated carbocycles. The number of hydrogen-bond acceptors (Lipinski definition) is 8. The van der Waals surface area contributed by atoms with Crippen LogP contribution in [0.1, 0.15) is 41.7 Å². The SMILES string of the molecule is Cc1cc(COC(=O)c2cc(-c3ccc4c(c3)OCCO4)nc3c2cnn3C(C)C)no1. The summed E-state index contributed by atoms with van der Waals surface area (Å²) in [6.07, 6.45) is 1.65. The highest BCUT2D eigenvalue weighted by atomic mass is 16.6. The number of rotatable bonds is 5. The first-order chi connectivity index (χ1) is 15.5. The minimum absolute atomic E-state index is 0.0116. The van der Waals surface area contributed by atoms with Crippen LogP contribution < -0.4 is 9.47 Å². The molecule has 4 heterocycles. The lowest BCUT2D eigenvalue weighted by Crippen LogP contribution is -2.15. The van der Waals surface area contributed by atoms with Crippen molar-refractivity contribution < 1.29 is 23.5 Å². The van der Waals surface area contributed by atoms with Crippen LogP contribution in [0.25, 0.3) is 22.3 Å². The molecule has 0 saturated heterocycles. The Balaban J connectivity index is 1.56. The number of esters is 1. The van der Waals surface area contributed by atoms with Gasteiger partial charge in [0.25, 0.3) is 0 Å². The molecule has 0 N–H and O–H groups in total. The number of benzene rings is 1. The molecule has 32 heavy (non-hydrogen) atoms. The zero-order valence-electron chi connectivity index (χ0n) is 18.0. The molecular weight excluding hydrogens is 412 g/mol. The molecule has 1 aromatic carbocycles. The standard InChI is InChI=1S/C23H22N4O5/c1-13(2)27-22-18(11-24-27)17(23(28)31-12-16-8-14(3)32-26-16)10-19(25-22)15-4-5-20-21(9-15)30-7-6-29-20/h4-5,8-11,13H,6-7,12H2,1-3H3. The Morgan fingerprint density at radius 3 is 2.72 bits per heavy atom. The van der Waals surface area contributed by atoms with E-state index >= 15 is 0 Å². The minimum atomic E-state index is -0.486. The smallest absolute Gasteiger partial charge is 0.339 e. The molecule has 0 bridgehead atoms. The van der Waals surface area contributed by atoms with E-state index in [-0.39, 0.29) is 12.6 Å². The van der Waals surface area contributed by atoms with E-state index in [1.165, 1.54) is 0 Å². The van der Waals surface area contributed by atoms with E-state index in [1.54, 1.807) is 29.9 Å². The van der Waals surface area contributed by atoms with Crippen molar-refractivity contribution in [2.75, 3.05) is 13.2 Å². The zero-order valence-corrected chi connectivity index (χ0v) is 18.0. The van der Waals surface area contributed by atoms with Crippen molar-refractivity contribution in [1.82, 2.24) is 19.9 Å². The van der Waals surface area contributed by atoms with Crippen LogP contribution in [0.5, 0.6) is 11.5 Å². The summed E-state index contributed by atoms with van der Waals surface area (Å²) in [5, 5.41) is 8.94. The van der Waals surface area contributed by atoms with Crippen molar-refractivity contribution in [2.24, 2.45) is 0 Å². The highest BCUT2D eigenvalue weighted by Crippen LogP contribution is 2.35. The second kappa shape index (κ2) is 7.99. The van der Waals surface area contributed by atoms with Crippen LogP contribution in [-0.2, 0) is 11.3 Å². The molecule has 0 atom stereocenters. The topological polar surface area (TPSA) is 102 Å². The largest absolute Gasteiger partial charge is 0.486 e. The third kappa shape index (κ3) is 3.66. The van der Waals surface area contributed by atoms with E-state index in [9.17, 15) is 4.79 Å². The van der Waals surface area contributed by atoms with Crippen LogP contribution in [0.15, 0.2) is 41.1 Å². The Hall–Kier alpha value is -3.88. The maximum absolute atomic E-state index is 13.0. The van der Waals surface area contributed by atoms with Gasteiger partial charge in [0.2, 0.25) is 0 Å². The van der Waals surface area contributed by atoms with Crippen molar-refractivity contribution in [3.05, 3.63) is 53.5 Å². The summed E-state index contributed by atoms with van der Waals surface area (Å²) >= 11 is 0. The van der Waals surface area contributed by atoms with Gasteiger partial charge in [-0.25, -0.2) is 14.5 Å². The molecule has 0 fully saturated rings. The molecule has 9 heteroatoms. The number of carbonyl (C=O) groups is 1. The van der Waals surface area contributed by atoms with Gasteiger partial charge in [-0.1, -0.05) is 5.16 Å². The second-order valence-electron chi connectivity index (χ2n) is 7.84. The first-order valence-electron chi connectivity index (χ1n) is 10.4. The number of fused-ring (bicyclic) bond motifs is 2. The summed E-state index contributed by atoms with van der Waals surface area (Å²) in [7, 11) is 0. The van der Waals surface area contributed by atoms with Gasteiger partial charge >= 0.3 is 5.97 Å². The first kappa shape index (κ1) is 20.0. The average molecular weight is 434 g/mol. The van der Waals surface area contributed by atoms with Gasteiger partial charge in [-0.2, -0.15) is 5.10 Å². The quantitative estimate of drug-likeness (QED) is 0.433. The van der Waals surface area contributed by atoms with Crippen LogP contribution in [-0.4, -0.2) is 39.1 Å². The van der Waals surface area contributed by atoms with E-state index in [2.05, 4.69) is 10.3 Å². The molecule has 4 aromatic rings. The molecule has 164 valence electrons. The van der Waals surface area contributed by atoms with Crippen LogP contribution in [0.2, 0.25) is 0 Å². The number of nitrogens with zero attached hydrogens (tertiary/aromatic N) is 4. The Labute approximate surface area is 183 Å². The summed E-state index contributed by atoms with van der Waals surface area (Å²) in [5.41, 5.74) is 2.95. The summed E-state index contributed by atoms with van der Waals surface area (Å²) in [6.45, 7) is 6.82. The van der Waals surface area contributed by atoms with Crippen LogP contribution in [0.4, 0.5) is 0 Å². The van der Waals surface area contributed by atoms with Gasteiger partial charge in [-0.15, -0.1) is 0 Å². The van der Waals surface area contributed by atoms with Gasteiger partial charge in [-0.3, -0.25) is 0 Å². The van der Waals surface area contributed by atoms with Gasteiger partial charge in [0, 0.05) is 17.7 Å². The molecule has 0 spiro atoms. The molecule has 0 radical (unpaired) electrons. The van der Waals surface area contributed by atoms with E-state index in [0.717, 1.165) is 5.56 Å². The van der Waals surface area contributed by atoms with E-state index in [1.807, 2.05) is 32.0 Å². The van der Waals surface area contributed by atoms with Crippen LogP contribution >= 0.6 is 0 Å². The highest BCUT2D eigenvalue weighted by molar-refractivity contribution is 6.03. The first-order valence-corrected chi connectivity index (χ1v) is 10.4. The van der Waals surface area contributed by atoms with E-state index in [4.69, 9.17) is 23.7 Å². The third-order valence-corrected chi connectivity index (χ3v) is 5.14. The van der Waals surface area contributed by atoms with Gasteiger partial charge < -0.3 is 18.7 Å². The predicted octanol–water partition coefficient (Wildman–Crippen LogP) is 4.10. The number of aryl methyl sites for hydroxylation is 1. The van der Waals surface area contributed by atoms with Crippen molar-refractivity contribution in [3.63, 3.8) is 0 Å². The molecule has 0 amide bonds. The van der Waals surface area contributed by atoms with E-state index < -0.39 is 5.97 Å². The summed E-state index contributed by atoms with van der Waals surface area (Å²) in [4.78, 5) is 17.9. The monoisotopic (exact) mass is 434 g/mol. The fourth-order valence-electron chi connectivity index (χ4n) is 3.62. The third-order valence-electron chi connectivity index (χ3n) is 5.14. The molecule has 1 aliphatic rings. The molecule has 0 unspecified atom stereocenters. The minimum Gasteiger partial charge on any atom is -0.486 e. The summed E-state index contributed by atoms with van der Waals surface area (Å²) in [6, 6.07) is 9.12. The van der Waals surface area contributed by atoms with Crippen molar-refractivity contribution in [1.29, 1.82) is 0 Å². The highest BCUT2D eigenvalue weighted by Gasteiger charge is 2.21. The Morgan fingerprint density at radius 2 is 1.97 bits per heavy atom. The Bertz CT molecular complexity index is 1310. The zero-order chi connectivity index (χ0) is 22.2. The fraction of sp³-hybridized carbons (Fsp3) is 0.304. The van der Waals surface area contributed by atoms with Crippen LogP contribution in [0.3, 0.4) is 0 Å². The molecule has 9 nitrogen and oxygen atoms in total. The lowest BCUT2D eigenvalue weighted by Gasteiger charge is -2.19. The molecule has 5 rings (SSSR count). The van der Waals surface area contributed by atoms with Gasteiger partial charge in [0.1, 0.15) is 31.3 Å². The summed E-state index contributed by atoms with van der Waals surface area (Å²) < 4.78 is 23.7. The molecule has 0 aliphatic carbocycles. The van der Waals surface area contributed by atoms with Crippen molar-refractivity contribution in [3.8, 4) is 22.8 Å². The van der Waals surface area contributed by atoms with E-state index in [0.29, 0.717) is 58.5 Å². The molecule has 3 aromatic heterocycles. The average Bonchev–Trinajstić information content (AvgIpc) is 3.42. The predicted molar refractivity (Wildman–Crippen MR) is 115 cm³/mol. The maximum Gasteiger partial charge on any atom is 0.339 e. The Morgan fingerprint density at radius 1 is 1.16 bits per heavy atom. The summed E-state index contributed by atoms with van der Waals surface area (Å²) in [5.74, 6) is 1.51. The van der Waals surface area contributed by atoms with Gasteiger partial charge in [-0.05, 0) is 45.0 Å². The number of ether oxygens (including phenoxy) is 3. The Kier molecular flexibility index (Phi) is 5.01. The molecular formula is C23H22N4O5. The number of carbonyl (C=O) groups excluding carboxylic acids is 1.